The molecule has 8 nitrogen and oxygen atoms in total. The molecule has 3 aromatic heterocycles. The summed E-state index contributed by atoms with van der Waals surface area (Å²) in [6.07, 6.45) is 7.38. The van der Waals surface area contributed by atoms with E-state index in [2.05, 4.69) is 20.7 Å². The number of amides is 1. The third-order valence-electron chi connectivity index (χ3n) is 6.31. The summed E-state index contributed by atoms with van der Waals surface area (Å²) in [4.78, 5) is 16.3. The molecule has 0 aromatic carbocycles. The van der Waals surface area contributed by atoms with Crippen LogP contribution in [0.5, 0.6) is 5.75 Å². The third-order valence-corrected chi connectivity index (χ3v) is 6.51. The predicted octanol–water partition coefficient (Wildman–Crippen LogP) is 3.30. The molecule has 5 heterocycles. The lowest BCUT2D eigenvalue weighted by atomic mass is 9.94. The van der Waals surface area contributed by atoms with Gasteiger partial charge in [-0.05, 0) is 36.6 Å². The molecule has 3 atom stereocenters. The second-order valence-corrected chi connectivity index (χ2v) is 9.28. The van der Waals surface area contributed by atoms with Gasteiger partial charge in [-0.3, -0.25) is 4.79 Å². The number of nitrogens with one attached hydrogen (secondary N) is 2. The van der Waals surface area contributed by atoms with Crippen molar-refractivity contribution in [2.24, 2.45) is 5.92 Å². The molecule has 1 amide bonds. The summed E-state index contributed by atoms with van der Waals surface area (Å²) < 4.78 is 13.8. The molecule has 2 aliphatic heterocycles. The highest BCUT2D eigenvalue weighted by Crippen LogP contribution is 2.35. The van der Waals surface area contributed by atoms with E-state index in [9.17, 15) is 4.79 Å². The van der Waals surface area contributed by atoms with Gasteiger partial charge in [0.1, 0.15) is 17.0 Å². The average Bonchev–Trinajstić information content (AvgIpc) is 3.55. The van der Waals surface area contributed by atoms with Crippen LogP contribution in [0.4, 0.5) is 5.82 Å². The van der Waals surface area contributed by atoms with Gasteiger partial charge in [-0.1, -0.05) is 11.6 Å². The number of piperidine rings is 1. The standard InChI is InChI=1S/C23H24ClN5O3/c24-21-9-19(20(10-25-21)32-18-6-15-11-31-12-16(7-18)26-15)14-3-4-29-17(5-14)8-22(28-29)27-23(30)13-1-2-13/h3-5,8-10,13,15-16,18,26H,1-2,6-7,11-12H2,(H,27,28,30)/t15-,16+,18?. The lowest BCUT2D eigenvalue weighted by molar-refractivity contribution is -0.117. The Hall–Kier alpha value is -2.68. The van der Waals surface area contributed by atoms with Crippen molar-refractivity contribution in [2.45, 2.75) is 43.9 Å². The van der Waals surface area contributed by atoms with Crippen molar-refractivity contribution in [2.75, 3.05) is 18.5 Å². The molecule has 3 aromatic rings. The highest BCUT2D eigenvalue weighted by molar-refractivity contribution is 6.29. The fraction of sp³-hybridized carbons (Fsp3) is 0.435. The van der Waals surface area contributed by atoms with Gasteiger partial charge in [-0.25, -0.2) is 9.50 Å². The van der Waals surface area contributed by atoms with Gasteiger partial charge in [-0.15, -0.1) is 0 Å². The predicted molar refractivity (Wildman–Crippen MR) is 120 cm³/mol. The van der Waals surface area contributed by atoms with Crippen molar-refractivity contribution in [3.8, 4) is 16.9 Å². The average molecular weight is 454 g/mol. The fourth-order valence-electron chi connectivity index (χ4n) is 4.59. The van der Waals surface area contributed by atoms with E-state index in [1.54, 1.807) is 10.7 Å². The van der Waals surface area contributed by atoms with Crippen LogP contribution in [0.1, 0.15) is 25.7 Å². The second-order valence-electron chi connectivity index (χ2n) is 8.89. The van der Waals surface area contributed by atoms with Crippen LogP contribution < -0.4 is 15.4 Å². The van der Waals surface area contributed by atoms with Crippen molar-refractivity contribution in [1.82, 2.24) is 19.9 Å². The van der Waals surface area contributed by atoms with E-state index in [-0.39, 0.29) is 17.9 Å². The van der Waals surface area contributed by atoms with E-state index in [1.807, 2.05) is 30.5 Å². The zero-order valence-corrected chi connectivity index (χ0v) is 18.2. The molecule has 166 valence electrons. The number of pyridine rings is 2. The van der Waals surface area contributed by atoms with E-state index >= 15 is 0 Å². The Bertz CT molecular complexity index is 1170. The minimum absolute atomic E-state index is 0.0439. The largest absolute Gasteiger partial charge is 0.488 e. The number of carbonyl (C=O) groups is 1. The van der Waals surface area contributed by atoms with Crippen LogP contribution in [0, 0.1) is 5.92 Å². The molecule has 2 N–H and O–H groups in total. The van der Waals surface area contributed by atoms with Crippen molar-refractivity contribution in [3.63, 3.8) is 0 Å². The molecule has 0 spiro atoms. The maximum absolute atomic E-state index is 12.1. The zero-order chi connectivity index (χ0) is 21.7. The summed E-state index contributed by atoms with van der Waals surface area (Å²) in [5.74, 6) is 1.45. The number of ether oxygens (including phenoxy) is 2. The molecular formula is C23H24ClN5O3. The van der Waals surface area contributed by atoms with Crippen molar-refractivity contribution in [1.29, 1.82) is 0 Å². The first-order chi connectivity index (χ1) is 15.6. The van der Waals surface area contributed by atoms with E-state index in [4.69, 9.17) is 21.1 Å². The summed E-state index contributed by atoms with van der Waals surface area (Å²) in [5.41, 5.74) is 2.72. The SMILES string of the molecule is O=C(Nc1cc2cc(-c3cc(Cl)ncc3OC3C[C@H]4COC[C@@H](C3)N4)ccn2n1)C1CC1. The van der Waals surface area contributed by atoms with Crippen LogP contribution in [0.2, 0.25) is 5.15 Å². The molecule has 0 radical (unpaired) electrons. The Morgan fingerprint density at radius 2 is 2.03 bits per heavy atom. The van der Waals surface area contributed by atoms with E-state index in [1.165, 1.54) is 0 Å². The van der Waals surface area contributed by atoms with Gasteiger partial charge in [0.05, 0.1) is 24.9 Å². The molecule has 1 aliphatic carbocycles. The molecule has 2 saturated heterocycles. The van der Waals surface area contributed by atoms with Gasteiger partial charge < -0.3 is 20.1 Å². The van der Waals surface area contributed by atoms with Crippen LogP contribution in [-0.4, -0.2) is 51.9 Å². The van der Waals surface area contributed by atoms with Crippen molar-refractivity contribution in [3.05, 3.63) is 41.8 Å². The molecular weight excluding hydrogens is 430 g/mol. The Morgan fingerprint density at radius 1 is 1.22 bits per heavy atom. The number of halogens is 1. The smallest absolute Gasteiger partial charge is 0.228 e. The third kappa shape index (κ3) is 4.05. The van der Waals surface area contributed by atoms with Gasteiger partial charge in [0, 0.05) is 48.7 Å². The topological polar surface area (TPSA) is 89.8 Å². The second kappa shape index (κ2) is 8.03. The lowest BCUT2D eigenvalue weighted by Crippen LogP contribution is -2.56. The number of anilines is 1. The quantitative estimate of drug-likeness (QED) is 0.576. The lowest BCUT2D eigenvalue weighted by Gasteiger charge is -2.40. The molecule has 3 aliphatic rings. The first kappa shape index (κ1) is 20.0. The first-order valence-electron chi connectivity index (χ1n) is 11.1. The van der Waals surface area contributed by atoms with Gasteiger partial charge in [0.15, 0.2) is 5.82 Å². The summed E-state index contributed by atoms with van der Waals surface area (Å²) in [7, 11) is 0. The maximum Gasteiger partial charge on any atom is 0.228 e. The number of rotatable bonds is 5. The minimum atomic E-state index is 0.0439. The van der Waals surface area contributed by atoms with Gasteiger partial charge in [0.25, 0.3) is 0 Å². The number of aromatic nitrogens is 3. The van der Waals surface area contributed by atoms with E-state index < -0.39 is 0 Å². The minimum Gasteiger partial charge on any atom is -0.488 e. The molecule has 1 saturated carbocycles. The van der Waals surface area contributed by atoms with Crippen molar-refractivity contribution < 1.29 is 14.3 Å². The molecule has 2 bridgehead atoms. The van der Waals surface area contributed by atoms with Crippen molar-refractivity contribution >= 4 is 28.8 Å². The van der Waals surface area contributed by atoms with Crippen LogP contribution >= 0.6 is 11.6 Å². The van der Waals surface area contributed by atoms with Gasteiger partial charge >= 0.3 is 0 Å². The number of morpholine rings is 1. The Balaban J connectivity index is 1.27. The van der Waals surface area contributed by atoms with Crippen LogP contribution in [0.3, 0.4) is 0 Å². The molecule has 9 heteroatoms. The summed E-state index contributed by atoms with van der Waals surface area (Å²) in [5, 5.41) is 11.4. The number of carbonyl (C=O) groups excluding carboxylic acids is 1. The number of fused-ring (bicyclic) bond motifs is 3. The summed E-state index contributed by atoms with van der Waals surface area (Å²) in [6, 6.07) is 8.34. The molecule has 3 fully saturated rings. The monoisotopic (exact) mass is 453 g/mol. The zero-order valence-electron chi connectivity index (χ0n) is 17.5. The number of hydrogen-bond acceptors (Lipinski definition) is 6. The summed E-state index contributed by atoms with van der Waals surface area (Å²) >= 11 is 6.24. The highest BCUT2D eigenvalue weighted by atomic mass is 35.5. The maximum atomic E-state index is 12.1. The normalized spacial score (nSPS) is 25.0. The Labute approximate surface area is 190 Å². The summed E-state index contributed by atoms with van der Waals surface area (Å²) in [6.45, 7) is 1.44. The number of hydrogen-bond donors (Lipinski definition) is 2. The molecule has 1 unspecified atom stereocenters. The fourth-order valence-corrected chi connectivity index (χ4v) is 4.75. The van der Waals surface area contributed by atoms with Gasteiger partial charge in [-0.2, -0.15) is 5.10 Å². The Kier molecular flexibility index (Phi) is 5.01. The molecule has 6 rings (SSSR count). The Morgan fingerprint density at radius 3 is 2.81 bits per heavy atom. The molecule has 32 heavy (non-hydrogen) atoms. The van der Waals surface area contributed by atoms with E-state index in [0.717, 1.165) is 55.5 Å². The van der Waals surface area contributed by atoms with Crippen LogP contribution in [-0.2, 0) is 9.53 Å². The number of nitrogens with zero attached hydrogens (tertiary/aromatic N) is 3. The van der Waals surface area contributed by atoms with Crippen LogP contribution in [0.15, 0.2) is 36.7 Å². The highest BCUT2D eigenvalue weighted by Gasteiger charge is 2.33. The first-order valence-corrected chi connectivity index (χ1v) is 11.5. The van der Waals surface area contributed by atoms with Gasteiger partial charge in [0.2, 0.25) is 5.91 Å². The van der Waals surface area contributed by atoms with E-state index in [0.29, 0.717) is 28.8 Å². The van der Waals surface area contributed by atoms with Crippen LogP contribution in [0.25, 0.3) is 16.6 Å².